The lowest BCUT2D eigenvalue weighted by molar-refractivity contribution is -0.146. The zero-order chi connectivity index (χ0) is 15.9. The maximum atomic E-state index is 12.3. The SMILES string of the molecule is Cc1cc2cc(NC(=O)N3CCC(C)(C(=O)O)C3)ccc2[nH]1. The molecule has 6 heteroatoms. The highest BCUT2D eigenvalue weighted by molar-refractivity contribution is 5.93. The van der Waals surface area contributed by atoms with E-state index in [-0.39, 0.29) is 12.6 Å². The van der Waals surface area contributed by atoms with E-state index >= 15 is 0 Å². The van der Waals surface area contributed by atoms with Gasteiger partial charge in [-0.2, -0.15) is 0 Å². The molecule has 0 spiro atoms. The van der Waals surface area contributed by atoms with E-state index in [1.165, 1.54) is 0 Å². The van der Waals surface area contributed by atoms with Crippen molar-refractivity contribution in [2.45, 2.75) is 20.3 Å². The van der Waals surface area contributed by atoms with Gasteiger partial charge in [0.2, 0.25) is 0 Å². The lowest BCUT2D eigenvalue weighted by Gasteiger charge is -2.20. The number of carboxylic acids is 1. The van der Waals surface area contributed by atoms with Crippen LogP contribution in [-0.2, 0) is 4.79 Å². The number of benzene rings is 1. The Morgan fingerprint density at radius 3 is 2.82 bits per heavy atom. The molecule has 22 heavy (non-hydrogen) atoms. The summed E-state index contributed by atoms with van der Waals surface area (Å²) in [5, 5.41) is 13.1. The van der Waals surface area contributed by atoms with E-state index in [0.29, 0.717) is 18.7 Å². The van der Waals surface area contributed by atoms with Crippen molar-refractivity contribution in [2.75, 3.05) is 18.4 Å². The molecule has 2 amide bonds. The minimum Gasteiger partial charge on any atom is -0.481 e. The molecule has 0 saturated carbocycles. The Balaban J connectivity index is 1.72. The first-order chi connectivity index (χ1) is 10.4. The summed E-state index contributed by atoms with van der Waals surface area (Å²) in [4.78, 5) is 28.3. The van der Waals surface area contributed by atoms with Gasteiger partial charge in [-0.05, 0) is 44.5 Å². The quantitative estimate of drug-likeness (QED) is 0.797. The lowest BCUT2D eigenvalue weighted by atomic mass is 9.90. The molecule has 1 aliphatic rings. The van der Waals surface area contributed by atoms with Crippen molar-refractivity contribution in [3.63, 3.8) is 0 Å². The van der Waals surface area contributed by atoms with Gasteiger partial charge in [0.15, 0.2) is 0 Å². The topological polar surface area (TPSA) is 85.4 Å². The highest BCUT2D eigenvalue weighted by Gasteiger charge is 2.42. The van der Waals surface area contributed by atoms with Crippen LogP contribution in [0.1, 0.15) is 19.0 Å². The number of urea groups is 1. The van der Waals surface area contributed by atoms with Gasteiger partial charge in [0.1, 0.15) is 0 Å². The van der Waals surface area contributed by atoms with E-state index in [9.17, 15) is 14.7 Å². The summed E-state index contributed by atoms with van der Waals surface area (Å²) in [7, 11) is 0. The number of amides is 2. The molecule has 1 aliphatic heterocycles. The molecule has 6 nitrogen and oxygen atoms in total. The number of aryl methyl sites for hydroxylation is 1. The molecule has 0 bridgehead atoms. The zero-order valence-electron chi connectivity index (χ0n) is 12.6. The Labute approximate surface area is 128 Å². The number of aromatic amines is 1. The van der Waals surface area contributed by atoms with E-state index in [0.717, 1.165) is 16.6 Å². The number of likely N-dealkylation sites (tertiary alicyclic amines) is 1. The van der Waals surface area contributed by atoms with Crippen LogP contribution in [0.25, 0.3) is 10.9 Å². The fraction of sp³-hybridized carbons (Fsp3) is 0.375. The van der Waals surface area contributed by atoms with E-state index < -0.39 is 11.4 Å². The van der Waals surface area contributed by atoms with Gasteiger partial charge < -0.3 is 20.3 Å². The fourth-order valence-electron chi connectivity index (χ4n) is 2.87. The molecule has 0 radical (unpaired) electrons. The summed E-state index contributed by atoms with van der Waals surface area (Å²) in [6, 6.07) is 7.42. The van der Waals surface area contributed by atoms with Crippen LogP contribution in [-0.4, -0.2) is 40.1 Å². The smallest absolute Gasteiger partial charge is 0.321 e. The molecule has 1 unspecified atom stereocenters. The Kier molecular flexibility index (Phi) is 3.31. The zero-order valence-corrected chi connectivity index (χ0v) is 12.6. The minimum absolute atomic E-state index is 0.236. The number of carbonyl (C=O) groups excluding carboxylic acids is 1. The van der Waals surface area contributed by atoms with Gasteiger partial charge in [0.25, 0.3) is 0 Å². The molecule has 116 valence electrons. The molecule has 1 fully saturated rings. The molecule has 1 aromatic heterocycles. The van der Waals surface area contributed by atoms with Crippen LogP contribution in [0.4, 0.5) is 10.5 Å². The minimum atomic E-state index is -0.855. The van der Waals surface area contributed by atoms with Gasteiger partial charge >= 0.3 is 12.0 Å². The van der Waals surface area contributed by atoms with E-state index in [2.05, 4.69) is 10.3 Å². The van der Waals surface area contributed by atoms with Crippen LogP contribution in [0.3, 0.4) is 0 Å². The second kappa shape index (κ2) is 5.05. The van der Waals surface area contributed by atoms with Crippen LogP contribution in [0.5, 0.6) is 0 Å². The number of anilines is 1. The van der Waals surface area contributed by atoms with Crippen molar-refractivity contribution in [2.24, 2.45) is 5.41 Å². The van der Waals surface area contributed by atoms with Crippen LogP contribution >= 0.6 is 0 Å². The van der Waals surface area contributed by atoms with E-state index in [1.807, 2.05) is 31.2 Å². The first-order valence-corrected chi connectivity index (χ1v) is 7.26. The first kappa shape index (κ1) is 14.4. The van der Waals surface area contributed by atoms with Crippen LogP contribution in [0.15, 0.2) is 24.3 Å². The molecular formula is C16H19N3O3. The Bertz CT molecular complexity index is 752. The van der Waals surface area contributed by atoms with Gasteiger partial charge in [-0.25, -0.2) is 4.79 Å². The lowest BCUT2D eigenvalue weighted by Crippen LogP contribution is -2.37. The van der Waals surface area contributed by atoms with Crippen LogP contribution in [0.2, 0.25) is 0 Å². The number of nitrogens with zero attached hydrogens (tertiary/aromatic N) is 1. The highest BCUT2D eigenvalue weighted by Crippen LogP contribution is 2.30. The molecule has 1 atom stereocenters. The molecule has 0 aliphatic carbocycles. The standard InChI is InChI=1S/C16H19N3O3/c1-10-7-11-8-12(3-4-13(11)17-10)18-15(22)19-6-5-16(2,9-19)14(20)21/h3-4,7-8,17H,5-6,9H2,1-2H3,(H,18,22)(H,20,21). The van der Waals surface area contributed by atoms with Gasteiger partial charge in [-0.15, -0.1) is 0 Å². The van der Waals surface area contributed by atoms with Crippen molar-refractivity contribution in [1.82, 2.24) is 9.88 Å². The predicted molar refractivity (Wildman–Crippen MR) is 84.0 cm³/mol. The third-order valence-corrected chi connectivity index (χ3v) is 4.28. The average molecular weight is 301 g/mol. The second-order valence-electron chi connectivity index (χ2n) is 6.22. The number of aromatic nitrogens is 1. The highest BCUT2D eigenvalue weighted by atomic mass is 16.4. The number of hydrogen-bond acceptors (Lipinski definition) is 2. The number of nitrogens with one attached hydrogen (secondary N) is 2. The summed E-state index contributed by atoms with van der Waals surface area (Å²) in [5.41, 5.74) is 1.95. The van der Waals surface area contributed by atoms with Crippen molar-refractivity contribution >= 4 is 28.6 Å². The maximum absolute atomic E-state index is 12.3. The Hall–Kier alpha value is -2.50. The number of hydrogen-bond donors (Lipinski definition) is 3. The summed E-state index contributed by atoms with van der Waals surface area (Å²) >= 11 is 0. The monoisotopic (exact) mass is 301 g/mol. The summed E-state index contributed by atoms with van der Waals surface area (Å²) in [6.45, 7) is 4.35. The molecule has 2 heterocycles. The molecule has 3 N–H and O–H groups in total. The normalized spacial score (nSPS) is 21.3. The largest absolute Gasteiger partial charge is 0.481 e. The number of carboxylic acid groups (broad SMARTS) is 1. The van der Waals surface area contributed by atoms with Gasteiger partial charge in [-0.3, -0.25) is 4.79 Å². The molecule has 3 rings (SSSR count). The third kappa shape index (κ3) is 2.52. The Morgan fingerprint density at radius 2 is 2.14 bits per heavy atom. The molecule has 1 saturated heterocycles. The number of fused-ring (bicyclic) bond motifs is 1. The van der Waals surface area contributed by atoms with Crippen molar-refractivity contribution in [3.05, 3.63) is 30.0 Å². The third-order valence-electron chi connectivity index (χ3n) is 4.28. The molecule has 1 aromatic carbocycles. The van der Waals surface area contributed by atoms with Crippen molar-refractivity contribution in [1.29, 1.82) is 0 Å². The molecule has 2 aromatic rings. The van der Waals surface area contributed by atoms with Crippen molar-refractivity contribution < 1.29 is 14.7 Å². The number of H-pyrrole nitrogens is 1. The number of rotatable bonds is 2. The first-order valence-electron chi connectivity index (χ1n) is 7.26. The number of aliphatic carboxylic acids is 1. The second-order valence-corrected chi connectivity index (χ2v) is 6.22. The summed E-state index contributed by atoms with van der Waals surface area (Å²) in [5.74, 6) is -0.855. The van der Waals surface area contributed by atoms with E-state index in [4.69, 9.17) is 0 Å². The molecular weight excluding hydrogens is 282 g/mol. The number of carbonyl (C=O) groups is 2. The summed E-state index contributed by atoms with van der Waals surface area (Å²) < 4.78 is 0. The van der Waals surface area contributed by atoms with Crippen LogP contribution in [0, 0.1) is 12.3 Å². The van der Waals surface area contributed by atoms with Gasteiger partial charge in [0, 0.05) is 35.4 Å². The summed E-state index contributed by atoms with van der Waals surface area (Å²) in [6.07, 6.45) is 0.478. The van der Waals surface area contributed by atoms with E-state index in [1.54, 1.807) is 11.8 Å². The average Bonchev–Trinajstić information content (AvgIpc) is 3.01. The Morgan fingerprint density at radius 1 is 1.36 bits per heavy atom. The van der Waals surface area contributed by atoms with Crippen LogP contribution < -0.4 is 5.32 Å². The van der Waals surface area contributed by atoms with Gasteiger partial charge in [-0.1, -0.05) is 0 Å². The van der Waals surface area contributed by atoms with Gasteiger partial charge in [0.05, 0.1) is 5.41 Å². The van der Waals surface area contributed by atoms with Crippen molar-refractivity contribution in [3.8, 4) is 0 Å². The predicted octanol–water partition coefficient (Wildman–Crippen LogP) is 2.80. The maximum Gasteiger partial charge on any atom is 0.321 e. The fourth-order valence-corrected chi connectivity index (χ4v) is 2.87.